The highest BCUT2D eigenvalue weighted by molar-refractivity contribution is 5.52. The molecule has 0 aliphatic carbocycles. The Labute approximate surface area is 117 Å². The van der Waals surface area contributed by atoms with Crippen LogP contribution in [-0.4, -0.2) is 22.7 Å². The molecule has 1 rings (SSSR count). The fraction of sp³-hybridized carbons (Fsp3) is 0.688. The second-order valence-corrected chi connectivity index (χ2v) is 5.35. The van der Waals surface area contributed by atoms with E-state index in [1.165, 1.54) is 6.42 Å². The van der Waals surface area contributed by atoms with Crippen LogP contribution in [0.4, 0.5) is 5.82 Å². The van der Waals surface area contributed by atoms with Gasteiger partial charge in [0, 0.05) is 23.8 Å². The van der Waals surface area contributed by atoms with Crippen molar-refractivity contribution in [2.45, 2.75) is 66.5 Å². The molecule has 0 bridgehead atoms. The van der Waals surface area contributed by atoms with Crippen LogP contribution in [-0.2, 0) is 6.61 Å². The summed E-state index contributed by atoms with van der Waals surface area (Å²) in [7, 11) is 0. The van der Waals surface area contributed by atoms with E-state index in [9.17, 15) is 5.11 Å². The van der Waals surface area contributed by atoms with Crippen LogP contribution >= 0.6 is 0 Å². The molecule has 0 aromatic carbocycles. The molecule has 1 aromatic rings. The third-order valence-electron chi connectivity index (χ3n) is 3.76. The minimum atomic E-state index is 0.0630. The summed E-state index contributed by atoms with van der Waals surface area (Å²) in [6.45, 7) is 11.8. The minimum Gasteiger partial charge on any atom is -0.392 e. The van der Waals surface area contributed by atoms with Crippen molar-refractivity contribution in [1.82, 2.24) is 4.98 Å². The molecule has 1 atom stereocenters. The summed E-state index contributed by atoms with van der Waals surface area (Å²) in [5.41, 5.74) is 3.13. The number of pyridine rings is 1. The highest BCUT2D eigenvalue weighted by Crippen LogP contribution is 2.25. The molecule has 0 spiro atoms. The first-order valence-electron chi connectivity index (χ1n) is 7.39. The summed E-state index contributed by atoms with van der Waals surface area (Å²) in [6.07, 6.45) is 3.42. The van der Waals surface area contributed by atoms with E-state index in [1.54, 1.807) is 0 Å². The lowest BCUT2D eigenvalue weighted by Gasteiger charge is -2.32. The maximum atomic E-state index is 9.65. The van der Waals surface area contributed by atoms with Crippen LogP contribution in [0.1, 0.15) is 56.9 Å². The topological polar surface area (TPSA) is 36.4 Å². The van der Waals surface area contributed by atoms with Crippen molar-refractivity contribution in [3.05, 3.63) is 22.9 Å². The molecule has 108 valence electrons. The fourth-order valence-electron chi connectivity index (χ4n) is 2.36. The van der Waals surface area contributed by atoms with Crippen molar-refractivity contribution >= 4 is 5.82 Å². The summed E-state index contributed by atoms with van der Waals surface area (Å²) in [5.74, 6) is 0.975. The smallest absolute Gasteiger partial charge is 0.134 e. The van der Waals surface area contributed by atoms with Gasteiger partial charge in [-0.25, -0.2) is 4.98 Å². The van der Waals surface area contributed by atoms with Crippen LogP contribution in [0.2, 0.25) is 0 Å². The van der Waals surface area contributed by atoms with Gasteiger partial charge in [-0.3, -0.25) is 0 Å². The van der Waals surface area contributed by atoms with Crippen LogP contribution < -0.4 is 4.90 Å². The SMILES string of the molecule is CCCCN(c1nc(C)cc(C)c1CO)C(C)CC. The van der Waals surface area contributed by atoms with Crippen LogP contribution in [0.25, 0.3) is 0 Å². The van der Waals surface area contributed by atoms with Crippen molar-refractivity contribution in [1.29, 1.82) is 0 Å². The highest BCUT2D eigenvalue weighted by atomic mass is 16.3. The summed E-state index contributed by atoms with van der Waals surface area (Å²) in [4.78, 5) is 7.05. The monoisotopic (exact) mass is 264 g/mol. The van der Waals surface area contributed by atoms with Gasteiger partial charge in [0.2, 0.25) is 0 Å². The summed E-state index contributed by atoms with van der Waals surface area (Å²) in [5, 5.41) is 9.65. The van der Waals surface area contributed by atoms with Gasteiger partial charge in [-0.05, 0) is 45.2 Å². The van der Waals surface area contributed by atoms with E-state index >= 15 is 0 Å². The maximum Gasteiger partial charge on any atom is 0.134 e. The standard InChI is InChI=1S/C16H28N2O/c1-6-8-9-18(14(5)7-2)16-15(11-19)12(3)10-13(4)17-16/h10,14,19H,6-9,11H2,1-5H3. The Morgan fingerprint density at radius 1 is 1.32 bits per heavy atom. The largest absolute Gasteiger partial charge is 0.392 e. The van der Waals surface area contributed by atoms with Gasteiger partial charge in [-0.15, -0.1) is 0 Å². The van der Waals surface area contributed by atoms with E-state index < -0.39 is 0 Å². The zero-order chi connectivity index (χ0) is 14.4. The normalized spacial score (nSPS) is 12.5. The van der Waals surface area contributed by atoms with Gasteiger partial charge in [0.25, 0.3) is 0 Å². The average molecular weight is 264 g/mol. The lowest BCUT2D eigenvalue weighted by molar-refractivity contribution is 0.280. The predicted molar refractivity (Wildman–Crippen MR) is 81.6 cm³/mol. The number of nitrogens with zero attached hydrogens (tertiary/aromatic N) is 2. The van der Waals surface area contributed by atoms with Crippen molar-refractivity contribution in [2.75, 3.05) is 11.4 Å². The molecule has 0 aliphatic heterocycles. The van der Waals surface area contributed by atoms with Crippen LogP contribution in [0.15, 0.2) is 6.07 Å². The number of aliphatic hydroxyl groups is 1. The number of aliphatic hydroxyl groups excluding tert-OH is 1. The molecule has 1 heterocycles. The summed E-state index contributed by atoms with van der Waals surface area (Å²) >= 11 is 0. The Morgan fingerprint density at radius 3 is 2.53 bits per heavy atom. The number of aromatic nitrogens is 1. The van der Waals surface area contributed by atoms with Gasteiger partial charge < -0.3 is 10.0 Å². The lowest BCUT2D eigenvalue weighted by Crippen LogP contribution is -2.35. The number of anilines is 1. The molecular weight excluding hydrogens is 236 g/mol. The molecule has 0 amide bonds. The third kappa shape index (κ3) is 3.93. The number of aryl methyl sites for hydroxylation is 2. The highest BCUT2D eigenvalue weighted by Gasteiger charge is 2.19. The van der Waals surface area contributed by atoms with Crippen molar-refractivity contribution < 1.29 is 5.11 Å². The van der Waals surface area contributed by atoms with E-state index in [0.717, 1.165) is 42.0 Å². The first-order chi connectivity index (χ1) is 9.04. The van der Waals surface area contributed by atoms with E-state index in [2.05, 4.69) is 32.6 Å². The maximum absolute atomic E-state index is 9.65. The zero-order valence-corrected chi connectivity index (χ0v) is 13.0. The second kappa shape index (κ2) is 7.49. The molecule has 0 radical (unpaired) electrons. The van der Waals surface area contributed by atoms with E-state index in [4.69, 9.17) is 4.98 Å². The van der Waals surface area contributed by atoms with Gasteiger partial charge in [0.15, 0.2) is 0 Å². The first kappa shape index (κ1) is 16.0. The molecular formula is C16H28N2O. The number of rotatable bonds is 7. The van der Waals surface area contributed by atoms with Crippen LogP contribution in [0.3, 0.4) is 0 Å². The number of unbranched alkanes of at least 4 members (excludes halogenated alkanes) is 1. The molecule has 0 aliphatic rings. The average Bonchev–Trinajstić information content (AvgIpc) is 2.38. The molecule has 19 heavy (non-hydrogen) atoms. The minimum absolute atomic E-state index is 0.0630. The Kier molecular flexibility index (Phi) is 6.29. The second-order valence-electron chi connectivity index (χ2n) is 5.35. The van der Waals surface area contributed by atoms with Gasteiger partial charge in [0.05, 0.1) is 6.61 Å². The van der Waals surface area contributed by atoms with Crippen LogP contribution in [0, 0.1) is 13.8 Å². The van der Waals surface area contributed by atoms with E-state index in [-0.39, 0.29) is 6.61 Å². The van der Waals surface area contributed by atoms with Crippen molar-refractivity contribution in [3.63, 3.8) is 0 Å². The molecule has 0 saturated carbocycles. The Balaban J connectivity index is 3.19. The van der Waals surface area contributed by atoms with Gasteiger partial charge in [-0.2, -0.15) is 0 Å². The van der Waals surface area contributed by atoms with Crippen LogP contribution in [0.5, 0.6) is 0 Å². The predicted octanol–water partition coefficient (Wildman–Crippen LogP) is 3.60. The summed E-state index contributed by atoms with van der Waals surface area (Å²) < 4.78 is 0. The first-order valence-corrected chi connectivity index (χ1v) is 7.39. The van der Waals surface area contributed by atoms with E-state index in [0.29, 0.717) is 6.04 Å². The van der Waals surface area contributed by atoms with E-state index in [1.807, 2.05) is 13.0 Å². The number of hydrogen-bond donors (Lipinski definition) is 1. The Hall–Kier alpha value is -1.09. The van der Waals surface area contributed by atoms with Gasteiger partial charge >= 0.3 is 0 Å². The molecule has 1 unspecified atom stereocenters. The van der Waals surface area contributed by atoms with Crippen molar-refractivity contribution in [3.8, 4) is 0 Å². The van der Waals surface area contributed by atoms with Gasteiger partial charge in [0.1, 0.15) is 5.82 Å². The Bertz CT molecular complexity index is 404. The molecule has 0 fully saturated rings. The van der Waals surface area contributed by atoms with Crippen molar-refractivity contribution in [2.24, 2.45) is 0 Å². The third-order valence-corrected chi connectivity index (χ3v) is 3.76. The Morgan fingerprint density at radius 2 is 2.00 bits per heavy atom. The molecule has 3 heteroatoms. The quantitative estimate of drug-likeness (QED) is 0.817. The summed E-state index contributed by atoms with van der Waals surface area (Å²) in [6, 6.07) is 2.49. The zero-order valence-electron chi connectivity index (χ0n) is 13.0. The lowest BCUT2D eigenvalue weighted by atomic mass is 10.1. The fourth-order valence-corrected chi connectivity index (χ4v) is 2.36. The molecule has 1 aromatic heterocycles. The van der Waals surface area contributed by atoms with Gasteiger partial charge in [-0.1, -0.05) is 20.3 Å². The molecule has 0 saturated heterocycles. The molecule has 1 N–H and O–H groups in total. The number of hydrogen-bond acceptors (Lipinski definition) is 3. The molecule has 3 nitrogen and oxygen atoms in total.